The zero-order chi connectivity index (χ0) is 8.97. The fourth-order valence-corrected chi connectivity index (χ4v) is 1.52. The summed E-state index contributed by atoms with van der Waals surface area (Å²) >= 11 is 0. The minimum absolute atomic E-state index is 0.0513. The molecule has 1 saturated carbocycles. The van der Waals surface area contributed by atoms with Gasteiger partial charge < -0.3 is 9.84 Å². The van der Waals surface area contributed by atoms with Gasteiger partial charge in [0.15, 0.2) is 0 Å². The maximum absolute atomic E-state index is 9.53. The molecule has 0 radical (unpaired) electrons. The fourth-order valence-electron chi connectivity index (χ4n) is 1.52. The molecule has 0 unspecified atom stereocenters. The highest BCUT2D eigenvalue weighted by atomic mass is 16.5. The predicted octanol–water partition coefficient (Wildman–Crippen LogP) is 1.88. The summed E-state index contributed by atoms with van der Waals surface area (Å²) in [4.78, 5) is 0. The zero-order valence-electron chi connectivity index (χ0n) is 7.75. The Morgan fingerprint density at radius 2 is 2.17 bits per heavy atom. The molecule has 0 amide bonds. The molecule has 1 aliphatic carbocycles. The van der Waals surface area contributed by atoms with Crippen molar-refractivity contribution in [3.05, 3.63) is 12.2 Å². The predicted molar refractivity (Wildman–Crippen MR) is 49.0 cm³/mol. The second kappa shape index (κ2) is 4.63. The first-order chi connectivity index (χ1) is 5.70. The van der Waals surface area contributed by atoms with Crippen molar-refractivity contribution >= 4 is 0 Å². The third-order valence-electron chi connectivity index (χ3n) is 2.21. The molecule has 0 bridgehead atoms. The third-order valence-corrected chi connectivity index (χ3v) is 2.21. The van der Waals surface area contributed by atoms with Gasteiger partial charge in [0.1, 0.15) is 0 Å². The Bertz CT molecular complexity index is 154. The molecule has 1 N–H and O–H groups in total. The summed E-state index contributed by atoms with van der Waals surface area (Å²) in [6, 6.07) is 0. The van der Waals surface area contributed by atoms with Crippen molar-refractivity contribution in [2.24, 2.45) is 0 Å². The van der Waals surface area contributed by atoms with Crippen molar-refractivity contribution < 1.29 is 9.84 Å². The molecule has 0 aromatic heterocycles. The molecule has 12 heavy (non-hydrogen) atoms. The van der Waals surface area contributed by atoms with Crippen LogP contribution in [0.1, 0.15) is 32.6 Å². The van der Waals surface area contributed by atoms with Crippen LogP contribution in [0.2, 0.25) is 0 Å². The lowest BCUT2D eigenvalue weighted by molar-refractivity contribution is -0.0508. The van der Waals surface area contributed by atoms with Crippen molar-refractivity contribution in [1.82, 2.24) is 0 Å². The molecule has 2 nitrogen and oxygen atoms in total. The number of aliphatic hydroxyl groups is 1. The fraction of sp³-hybridized carbons (Fsp3) is 0.800. The van der Waals surface area contributed by atoms with Crippen LogP contribution in [0.4, 0.5) is 0 Å². The topological polar surface area (TPSA) is 29.5 Å². The van der Waals surface area contributed by atoms with E-state index < -0.39 is 0 Å². The van der Waals surface area contributed by atoms with Crippen molar-refractivity contribution in [1.29, 1.82) is 0 Å². The SMILES string of the molecule is C=C(C)CO[C@@H]1CCCC[C@H]1O. The first-order valence-electron chi connectivity index (χ1n) is 4.64. The van der Waals surface area contributed by atoms with E-state index in [2.05, 4.69) is 6.58 Å². The van der Waals surface area contributed by atoms with Crippen LogP contribution in [0, 0.1) is 0 Å². The van der Waals surface area contributed by atoms with E-state index in [-0.39, 0.29) is 12.2 Å². The lowest BCUT2D eigenvalue weighted by atomic mass is 9.95. The minimum Gasteiger partial charge on any atom is -0.390 e. The Balaban J connectivity index is 2.24. The molecule has 0 aromatic carbocycles. The number of hydrogen-bond donors (Lipinski definition) is 1. The molecule has 1 fully saturated rings. The number of aliphatic hydroxyl groups excluding tert-OH is 1. The average Bonchev–Trinajstić information content (AvgIpc) is 2.03. The van der Waals surface area contributed by atoms with E-state index in [9.17, 15) is 5.11 Å². The van der Waals surface area contributed by atoms with Gasteiger partial charge in [-0.1, -0.05) is 25.0 Å². The van der Waals surface area contributed by atoms with Gasteiger partial charge in [-0.15, -0.1) is 0 Å². The van der Waals surface area contributed by atoms with Gasteiger partial charge in [0.05, 0.1) is 18.8 Å². The molecule has 0 heterocycles. The van der Waals surface area contributed by atoms with Gasteiger partial charge in [0.2, 0.25) is 0 Å². The van der Waals surface area contributed by atoms with Gasteiger partial charge in [0, 0.05) is 0 Å². The van der Waals surface area contributed by atoms with Gasteiger partial charge in [-0.2, -0.15) is 0 Å². The smallest absolute Gasteiger partial charge is 0.0838 e. The highest BCUT2D eigenvalue weighted by molar-refractivity contribution is 4.88. The summed E-state index contributed by atoms with van der Waals surface area (Å²) in [5, 5.41) is 9.53. The Labute approximate surface area is 74.2 Å². The zero-order valence-corrected chi connectivity index (χ0v) is 7.75. The third kappa shape index (κ3) is 2.95. The van der Waals surface area contributed by atoms with Crippen LogP contribution in [0.15, 0.2) is 12.2 Å². The molecule has 70 valence electrons. The lowest BCUT2D eigenvalue weighted by Crippen LogP contribution is -2.32. The average molecular weight is 170 g/mol. The van der Waals surface area contributed by atoms with Gasteiger partial charge >= 0.3 is 0 Å². The Morgan fingerprint density at radius 1 is 1.50 bits per heavy atom. The maximum atomic E-state index is 9.53. The first-order valence-corrected chi connectivity index (χ1v) is 4.64. The summed E-state index contributed by atoms with van der Waals surface area (Å²) in [6.45, 7) is 6.28. The first kappa shape index (κ1) is 9.75. The minimum atomic E-state index is -0.252. The second-order valence-corrected chi connectivity index (χ2v) is 3.66. The molecule has 2 atom stereocenters. The van der Waals surface area contributed by atoms with Crippen LogP contribution in [0.25, 0.3) is 0 Å². The molecular weight excluding hydrogens is 152 g/mol. The molecule has 0 spiro atoms. The Hall–Kier alpha value is -0.340. The summed E-state index contributed by atoms with van der Waals surface area (Å²) in [7, 11) is 0. The highest BCUT2D eigenvalue weighted by Crippen LogP contribution is 2.21. The Morgan fingerprint density at radius 3 is 2.75 bits per heavy atom. The van der Waals surface area contributed by atoms with Gasteiger partial charge in [0.25, 0.3) is 0 Å². The van der Waals surface area contributed by atoms with Gasteiger partial charge in [-0.25, -0.2) is 0 Å². The highest BCUT2D eigenvalue weighted by Gasteiger charge is 2.23. The van der Waals surface area contributed by atoms with E-state index >= 15 is 0 Å². The van der Waals surface area contributed by atoms with E-state index in [0.29, 0.717) is 6.61 Å². The quantitative estimate of drug-likeness (QED) is 0.655. The van der Waals surface area contributed by atoms with Crippen LogP contribution in [0.5, 0.6) is 0 Å². The van der Waals surface area contributed by atoms with E-state index in [0.717, 1.165) is 24.8 Å². The van der Waals surface area contributed by atoms with E-state index in [1.807, 2.05) is 6.92 Å². The largest absolute Gasteiger partial charge is 0.390 e. The molecule has 1 rings (SSSR count). The van der Waals surface area contributed by atoms with E-state index in [1.54, 1.807) is 0 Å². The van der Waals surface area contributed by atoms with Gasteiger partial charge in [-0.3, -0.25) is 0 Å². The van der Waals surface area contributed by atoms with E-state index in [1.165, 1.54) is 6.42 Å². The summed E-state index contributed by atoms with van der Waals surface area (Å²) < 4.78 is 5.51. The number of rotatable bonds is 3. The maximum Gasteiger partial charge on any atom is 0.0838 e. The molecule has 2 heteroatoms. The van der Waals surface area contributed by atoms with Crippen molar-refractivity contribution in [3.63, 3.8) is 0 Å². The second-order valence-electron chi connectivity index (χ2n) is 3.66. The summed E-state index contributed by atoms with van der Waals surface area (Å²) in [6.07, 6.45) is 4.00. The van der Waals surface area contributed by atoms with Crippen molar-refractivity contribution in [2.45, 2.75) is 44.8 Å². The Kier molecular flexibility index (Phi) is 3.76. The lowest BCUT2D eigenvalue weighted by Gasteiger charge is -2.27. The van der Waals surface area contributed by atoms with E-state index in [4.69, 9.17) is 4.74 Å². The number of hydrogen-bond acceptors (Lipinski definition) is 2. The normalized spacial score (nSPS) is 30.2. The molecule has 0 saturated heterocycles. The van der Waals surface area contributed by atoms with Gasteiger partial charge in [-0.05, 0) is 19.8 Å². The standard InChI is InChI=1S/C10H18O2/c1-8(2)7-12-10-6-4-3-5-9(10)11/h9-11H,1,3-7H2,2H3/t9-,10-/m1/s1. The molecule has 0 aliphatic heterocycles. The molecule has 0 aromatic rings. The van der Waals surface area contributed by atoms with Crippen LogP contribution in [-0.2, 0) is 4.74 Å². The van der Waals surface area contributed by atoms with Crippen LogP contribution >= 0.6 is 0 Å². The summed E-state index contributed by atoms with van der Waals surface area (Å²) in [5.41, 5.74) is 1.02. The van der Waals surface area contributed by atoms with Crippen molar-refractivity contribution in [3.8, 4) is 0 Å². The summed E-state index contributed by atoms with van der Waals surface area (Å²) in [5.74, 6) is 0. The van der Waals surface area contributed by atoms with Crippen molar-refractivity contribution in [2.75, 3.05) is 6.61 Å². The monoisotopic (exact) mass is 170 g/mol. The van der Waals surface area contributed by atoms with Crippen LogP contribution in [0.3, 0.4) is 0 Å². The molecular formula is C10H18O2. The van der Waals surface area contributed by atoms with Crippen LogP contribution < -0.4 is 0 Å². The van der Waals surface area contributed by atoms with Crippen LogP contribution in [-0.4, -0.2) is 23.9 Å². The number of ether oxygens (including phenoxy) is 1. The molecule has 1 aliphatic rings.